The van der Waals surface area contributed by atoms with Crippen molar-refractivity contribution in [3.8, 4) is 11.3 Å². The Morgan fingerprint density at radius 2 is 1.88 bits per heavy atom. The van der Waals surface area contributed by atoms with Crippen LogP contribution >= 0.6 is 0 Å². The number of rotatable bonds is 6. The number of benzene rings is 3. The number of nitrogens with one attached hydrogen (secondary N) is 2. The molecule has 7 nitrogen and oxygen atoms in total. The van der Waals surface area contributed by atoms with Gasteiger partial charge in [-0.25, -0.2) is 4.79 Å². The lowest BCUT2D eigenvalue weighted by Gasteiger charge is -2.20. The number of nitrogens with two attached hydrogens (primary N) is 1. The molecule has 5 N–H and O–H groups in total. The molecule has 0 radical (unpaired) electrons. The number of hydrogen-bond donors (Lipinski definition) is 4. The van der Waals surface area contributed by atoms with Gasteiger partial charge >= 0.3 is 5.97 Å². The molecule has 4 rings (SSSR count). The van der Waals surface area contributed by atoms with E-state index >= 15 is 0 Å². The molecule has 1 heterocycles. The Morgan fingerprint density at radius 3 is 2.56 bits per heavy atom. The number of para-hydroxylation sites is 1. The van der Waals surface area contributed by atoms with E-state index in [2.05, 4.69) is 5.32 Å². The van der Waals surface area contributed by atoms with Crippen molar-refractivity contribution in [2.24, 2.45) is 0 Å². The van der Waals surface area contributed by atoms with Crippen molar-refractivity contribution in [2.75, 3.05) is 11.1 Å². The van der Waals surface area contributed by atoms with Gasteiger partial charge in [0.15, 0.2) is 5.43 Å². The number of anilines is 2. The number of carboxylic acids is 1. The topological polar surface area (TPSA) is 129 Å². The Labute approximate surface area is 196 Å². The first kappa shape index (κ1) is 22.8. The maximum atomic E-state index is 13.3. The summed E-state index contributed by atoms with van der Waals surface area (Å²) in [5, 5.41) is 20.7. The summed E-state index contributed by atoms with van der Waals surface area (Å²) in [7, 11) is 0. The quantitative estimate of drug-likeness (QED) is 0.223. The summed E-state index contributed by atoms with van der Waals surface area (Å²) in [5.41, 5.74) is 10.7. The van der Waals surface area contributed by atoms with Crippen molar-refractivity contribution in [1.82, 2.24) is 0 Å². The lowest BCUT2D eigenvalue weighted by molar-refractivity contribution is 0.0698. The molecule has 1 aromatic heterocycles. The van der Waals surface area contributed by atoms with Crippen molar-refractivity contribution >= 4 is 34.5 Å². The van der Waals surface area contributed by atoms with Crippen LogP contribution in [-0.4, -0.2) is 17.3 Å². The number of carboxylic acid groups (broad SMARTS) is 1. The summed E-state index contributed by atoms with van der Waals surface area (Å²) in [6, 6.07) is 15.2. The smallest absolute Gasteiger partial charge is 0.337 e. The van der Waals surface area contributed by atoms with Crippen LogP contribution in [0, 0.1) is 19.3 Å². The average molecular weight is 456 g/mol. The molecular formula is C27H25N3O4. The van der Waals surface area contributed by atoms with Gasteiger partial charge in [0, 0.05) is 39.8 Å². The van der Waals surface area contributed by atoms with Crippen LogP contribution in [0.15, 0.2) is 63.8 Å². The van der Waals surface area contributed by atoms with Gasteiger partial charge in [-0.05, 0) is 50.6 Å². The van der Waals surface area contributed by atoms with Crippen LogP contribution in [0.2, 0.25) is 0 Å². The zero-order chi connectivity index (χ0) is 24.6. The second kappa shape index (κ2) is 8.86. The summed E-state index contributed by atoms with van der Waals surface area (Å²) in [4.78, 5) is 25.0. The third kappa shape index (κ3) is 4.03. The van der Waals surface area contributed by atoms with E-state index in [0.717, 1.165) is 11.1 Å². The van der Waals surface area contributed by atoms with Gasteiger partial charge in [0.05, 0.1) is 17.0 Å². The van der Waals surface area contributed by atoms with Crippen LogP contribution < -0.4 is 16.5 Å². The molecule has 0 aliphatic heterocycles. The first-order valence-electron chi connectivity index (χ1n) is 10.8. The zero-order valence-corrected chi connectivity index (χ0v) is 19.1. The molecule has 0 amide bonds. The second-order valence-electron chi connectivity index (χ2n) is 8.32. The maximum Gasteiger partial charge on any atom is 0.337 e. The Hall–Kier alpha value is -4.39. The molecule has 0 aliphatic rings. The van der Waals surface area contributed by atoms with E-state index in [1.165, 1.54) is 12.3 Å². The van der Waals surface area contributed by atoms with Crippen LogP contribution in [0.25, 0.3) is 22.3 Å². The molecule has 0 fully saturated rings. The first-order valence-corrected chi connectivity index (χ1v) is 10.8. The molecule has 3 aromatic carbocycles. The summed E-state index contributed by atoms with van der Waals surface area (Å²) >= 11 is 0. The zero-order valence-electron chi connectivity index (χ0n) is 19.1. The van der Waals surface area contributed by atoms with Crippen LogP contribution in [0.3, 0.4) is 0 Å². The Bertz CT molecular complexity index is 1500. The molecular weight excluding hydrogens is 430 g/mol. The van der Waals surface area contributed by atoms with E-state index in [-0.39, 0.29) is 17.0 Å². The van der Waals surface area contributed by atoms with E-state index < -0.39 is 5.97 Å². The van der Waals surface area contributed by atoms with Gasteiger partial charge in [-0.3, -0.25) is 4.79 Å². The minimum absolute atomic E-state index is 0.144. The lowest BCUT2D eigenvalue weighted by Crippen LogP contribution is -2.14. The van der Waals surface area contributed by atoms with Crippen molar-refractivity contribution in [3.05, 3.63) is 92.6 Å². The molecule has 0 bridgehead atoms. The van der Waals surface area contributed by atoms with E-state index in [1.807, 2.05) is 19.9 Å². The fraction of sp³-hybridized carbons (Fsp3) is 0.148. The molecule has 1 atom stereocenters. The van der Waals surface area contributed by atoms with Crippen LogP contribution in [0.5, 0.6) is 0 Å². The van der Waals surface area contributed by atoms with Crippen molar-refractivity contribution in [1.29, 1.82) is 5.41 Å². The third-order valence-electron chi connectivity index (χ3n) is 5.89. The molecule has 172 valence electrons. The molecule has 7 heteroatoms. The highest BCUT2D eigenvalue weighted by molar-refractivity contribution is 5.94. The number of fused-ring (bicyclic) bond motifs is 1. The normalized spacial score (nSPS) is 11.9. The molecule has 1 unspecified atom stereocenters. The minimum atomic E-state index is -1.03. The molecule has 0 saturated carbocycles. The molecule has 4 aromatic rings. The molecule has 34 heavy (non-hydrogen) atoms. The van der Waals surface area contributed by atoms with Gasteiger partial charge in [-0.15, -0.1) is 0 Å². The van der Waals surface area contributed by atoms with Gasteiger partial charge in [0.1, 0.15) is 11.3 Å². The highest BCUT2D eigenvalue weighted by Gasteiger charge is 2.20. The van der Waals surface area contributed by atoms with E-state index in [4.69, 9.17) is 15.6 Å². The average Bonchev–Trinajstić information content (AvgIpc) is 2.81. The van der Waals surface area contributed by atoms with Crippen LogP contribution in [0.4, 0.5) is 11.4 Å². The highest BCUT2D eigenvalue weighted by Crippen LogP contribution is 2.33. The maximum absolute atomic E-state index is 13.3. The highest BCUT2D eigenvalue weighted by atomic mass is 16.4. The summed E-state index contributed by atoms with van der Waals surface area (Å²) in [6.45, 7) is 5.51. The summed E-state index contributed by atoms with van der Waals surface area (Å²) in [5.74, 6) is -0.622. The van der Waals surface area contributed by atoms with Gasteiger partial charge in [0.2, 0.25) is 0 Å². The molecule has 0 aliphatic carbocycles. The monoisotopic (exact) mass is 455 g/mol. The predicted octanol–water partition coefficient (Wildman–Crippen LogP) is 5.53. The van der Waals surface area contributed by atoms with Gasteiger partial charge < -0.3 is 26.0 Å². The largest absolute Gasteiger partial charge is 0.478 e. The van der Waals surface area contributed by atoms with Crippen molar-refractivity contribution < 1.29 is 14.3 Å². The van der Waals surface area contributed by atoms with Gasteiger partial charge in [-0.2, -0.15) is 0 Å². The van der Waals surface area contributed by atoms with E-state index in [9.17, 15) is 14.7 Å². The fourth-order valence-electron chi connectivity index (χ4n) is 4.12. The lowest BCUT2D eigenvalue weighted by atomic mass is 9.98. The van der Waals surface area contributed by atoms with Crippen LogP contribution in [0.1, 0.15) is 45.6 Å². The van der Waals surface area contributed by atoms with Gasteiger partial charge in [0.25, 0.3) is 0 Å². The minimum Gasteiger partial charge on any atom is -0.478 e. The van der Waals surface area contributed by atoms with E-state index in [0.29, 0.717) is 44.8 Å². The molecule has 0 spiro atoms. The van der Waals surface area contributed by atoms with E-state index in [1.54, 1.807) is 49.4 Å². The Morgan fingerprint density at radius 1 is 1.15 bits per heavy atom. The van der Waals surface area contributed by atoms with Crippen molar-refractivity contribution in [2.45, 2.75) is 26.8 Å². The summed E-state index contributed by atoms with van der Waals surface area (Å²) < 4.78 is 6.34. The predicted molar refractivity (Wildman–Crippen MR) is 135 cm³/mol. The molecule has 0 saturated heterocycles. The number of carbonyl (C=O) groups is 1. The second-order valence-corrected chi connectivity index (χ2v) is 8.32. The first-order chi connectivity index (χ1) is 16.2. The van der Waals surface area contributed by atoms with Crippen LogP contribution in [-0.2, 0) is 0 Å². The fourth-order valence-corrected chi connectivity index (χ4v) is 4.12. The SMILES string of the molecule is Cc1cc(C(C)Nc2ccccc2C(=O)O)c2oc(-c3ccc(C=N)c(N)c3)c(C)c(=O)c2c1. The van der Waals surface area contributed by atoms with Gasteiger partial charge in [-0.1, -0.05) is 30.3 Å². The number of hydrogen-bond acceptors (Lipinski definition) is 6. The standard InChI is InChI=1S/C27H25N3O4/c1-14-10-20(16(3)30-23-7-5-4-6-19(23)27(32)33)26-21(11-14)24(31)15(2)25(34-26)17-8-9-18(13-28)22(29)12-17/h4-13,16,28,30H,29H2,1-3H3,(H,32,33). The third-order valence-corrected chi connectivity index (χ3v) is 5.89. The summed E-state index contributed by atoms with van der Waals surface area (Å²) in [6.07, 6.45) is 1.17. The Kier molecular flexibility index (Phi) is 5.94. The number of nitrogen functional groups attached to an aromatic ring is 1. The number of aromatic carboxylic acids is 1. The van der Waals surface area contributed by atoms with Crippen molar-refractivity contribution in [3.63, 3.8) is 0 Å². The number of aryl methyl sites for hydroxylation is 1. The Balaban J connectivity index is 1.90.